The number of rotatable bonds is 5. The standard InChI is InChI=1S/C20H21N3O5S2/c1-29(25,26)17-6-4-7-18(13-17)30(27,28)23-11-9-15(10-12-23)20(24)22-19-8-3-2-5-16(19)14-21/h2-8,13,15H,9-12H2,1H3,(H,22,24). The highest BCUT2D eigenvalue weighted by Crippen LogP contribution is 2.26. The smallest absolute Gasteiger partial charge is 0.243 e. The van der Waals surface area contributed by atoms with E-state index < -0.39 is 19.9 Å². The van der Waals surface area contributed by atoms with Gasteiger partial charge in [0.15, 0.2) is 9.84 Å². The molecule has 0 spiro atoms. The van der Waals surface area contributed by atoms with Crippen molar-refractivity contribution in [3.05, 3.63) is 54.1 Å². The summed E-state index contributed by atoms with van der Waals surface area (Å²) in [6.07, 6.45) is 1.67. The van der Waals surface area contributed by atoms with E-state index in [0.29, 0.717) is 24.1 Å². The second kappa shape index (κ2) is 8.55. The minimum atomic E-state index is -3.87. The van der Waals surface area contributed by atoms with Crippen molar-refractivity contribution in [2.45, 2.75) is 22.6 Å². The summed E-state index contributed by atoms with van der Waals surface area (Å²) in [6, 6.07) is 14.0. The van der Waals surface area contributed by atoms with E-state index in [2.05, 4.69) is 5.32 Å². The van der Waals surface area contributed by atoms with Crippen LogP contribution in [0, 0.1) is 17.2 Å². The molecule has 1 saturated heterocycles. The van der Waals surface area contributed by atoms with Gasteiger partial charge >= 0.3 is 0 Å². The Hall–Kier alpha value is -2.74. The lowest BCUT2D eigenvalue weighted by Crippen LogP contribution is -2.41. The normalized spacial score (nSPS) is 16.0. The van der Waals surface area contributed by atoms with Gasteiger partial charge in [-0.15, -0.1) is 0 Å². The first-order valence-electron chi connectivity index (χ1n) is 9.23. The van der Waals surface area contributed by atoms with E-state index in [4.69, 9.17) is 5.26 Å². The Labute approximate surface area is 176 Å². The van der Waals surface area contributed by atoms with E-state index in [1.54, 1.807) is 24.3 Å². The van der Waals surface area contributed by atoms with Crippen LogP contribution in [0.2, 0.25) is 0 Å². The molecule has 1 amide bonds. The Balaban J connectivity index is 1.69. The van der Waals surface area contributed by atoms with Crippen LogP contribution in [-0.2, 0) is 24.7 Å². The van der Waals surface area contributed by atoms with Gasteiger partial charge in [0.1, 0.15) is 6.07 Å². The highest BCUT2D eigenvalue weighted by Gasteiger charge is 2.32. The summed E-state index contributed by atoms with van der Waals surface area (Å²) >= 11 is 0. The molecule has 8 nitrogen and oxygen atoms in total. The van der Waals surface area contributed by atoms with Crippen LogP contribution < -0.4 is 5.32 Å². The summed E-state index contributed by atoms with van der Waals surface area (Å²) in [4.78, 5) is 12.4. The van der Waals surface area contributed by atoms with Crippen LogP contribution in [0.15, 0.2) is 58.3 Å². The molecule has 0 radical (unpaired) electrons. The number of carbonyl (C=O) groups excluding carboxylic acids is 1. The molecule has 2 aromatic rings. The number of amides is 1. The number of nitrogens with zero attached hydrogens (tertiary/aromatic N) is 2. The van der Waals surface area contributed by atoms with E-state index in [1.165, 1.54) is 22.5 Å². The Morgan fingerprint density at radius 1 is 1.03 bits per heavy atom. The molecule has 2 aromatic carbocycles. The van der Waals surface area contributed by atoms with E-state index in [9.17, 15) is 21.6 Å². The van der Waals surface area contributed by atoms with Crippen molar-refractivity contribution < 1.29 is 21.6 Å². The molecule has 1 aliphatic rings. The molecule has 3 rings (SSSR count). The maximum atomic E-state index is 12.9. The van der Waals surface area contributed by atoms with Gasteiger partial charge in [-0.1, -0.05) is 18.2 Å². The van der Waals surface area contributed by atoms with Crippen LogP contribution in [0.3, 0.4) is 0 Å². The van der Waals surface area contributed by atoms with Crippen molar-refractivity contribution >= 4 is 31.5 Å². The molecule has 1 N–H and O–H groups in total. The van der Waals surface area contributed by atoms with E-state index >= 15 is 0 Å². The van der Waals surface area contributed by atoms with Crippen molar-refractivity contribution in [1.82, 2.24) is 4.31 Å². The molecule has 0 unspecified atom stereocenters. The van der Waals surface area contributed by atoms with Gasteiger partial charge in [-0.3, -0.25) is 4.79 Å². The molecule has 30 heavy (non-hydrogen) atoms. The largest absolute Gasteiger partial charge is 0.325 e. The number of anilines is 1. The molecule has 158 valence electrons. The molecule has 1 fully saturated rings. The molecule has 0 aromatic heterocycles. The fraction of sp³-hybridized carbons (Fsp3) is 0.300. The molecular weight excluding hydrogens is 426 g/mol. The van der Waals surface area contributed by atoms with Crippen molar-refractivity contribution in [2.75, 3.05) is 24.7 Å². The average Bonchev–Trinajstić information content (AvgIpc) is 2.73. The maximum absolute atomic E-state index is 12.9. The molecule has 10 heteroatoms. The van der Waals surface area contributed by atoms with Gasteiger partial charge in [0.25, 0.3) is 0 Å². The summed E-state index contributed by atoms with van der Waals surface area (Å²) in [7, 11) is -7.40. The Morgan fingerprint density at radius 3 is 2.30 bits per heavy atom. The van der Waals surface area contributed by atoms with Crippen LogP contribution >= 0.6 is 0 Å². The first-order chi connectivity index (χ1) is 14.1. The topological polar surface area (TPSA) is 124 Å². The number of piperidine rings is 1. The van der Waals surface area contributed by atoms with Crippen LogP contribution in [0.1, 0.15) is 18.4 Å². The summed E-state index contributed by atoms with van der Waals surface area (Å²) in [6.45, 7) is 0.285. The lowest BCUT2D eigenvalue weighted by molar-refractivity contribution is -0.120. The summed E-state index contributed by atoms with van der Waals surface area (Å²) in [5, 5.41) is 11.9. The van der Waals surface area contributed by atoms with Crippen molar-refractivity contribution in [1.29, 1.82) is 5.26 Å². The van der Waals surface area contributed by atoms with E-state index in [1.807, 2.05) is 6.07 Å². The monoisotopic (exact) mass is 447 g/mol. The number of carbonyl (C=O) groups is 1. The second-order valence-electron chi connectivity index (χ2n) is 7.07. The highest BCUT2D eigenvalue weighted by molar-refractivity contribution is 7.91. The van der Waals surface area contributed by atoms with Crippen LogP contribution in [0.5, 0.6) is 0 Å². The number of nitriles is 1. The van der Waals surface area contributed by atoms with Gasteiger partial charge in [-0.2, -0.15) is 9.57 Å². The number of sulfone groups is 1. The zero-order chi connectivity index (χ0) is 21.9. The molecule has 1 heterocycles. The number of hydrogen-bond acceptors (Lipinski definition) is 6. The fourth-order valence-corrected chi connectivity index (χ4v) is 5.55. The molecule has 0 saturated carbocycles. The molecular formula is C20H21N3O5S2. The lowest BCUT2D eigenvalue weighted by Gasteiger charge is -2.30. The predicted octanol–water partition coefficient (Wildman–Crippen LogP) is 2.00. The predicted molar refractivity (Wildman–Crippen MR) is 111 cm³/mol. The summed E-state index contributed by atoms with van der Waals surface area (Å²) in [5.41, 5.74) is 0.786. The molecule has 1 aliphatic heterocycles. The average molecular weight is 448 g/mol. The quantitative estimate of drug-likeness (QED) is 0.747. The van der Waals surface area contributed by atoms with E-state index in [0.717, 1.165) is 12.3 Å². The third-order valence-electron chi connectivity index (χ3n) is 5.00. The number of benzene rings is 2. The Bertz CT molecular complexity index is 1210. The van der Waals surface area contributed by atoms with Gasteiger partial charge in [0, 0.05) is 25.3 Å². The van der Waals surface area contributed by atoms with Crippen LogP contribution in [0.4, 0.5) is 5.69 Å². The zero-order valence-corrected chi connectivity index (χ0v) is 17.9. The van der Waals surface area contributed by atoms with Crippen molar-refractivity contribution in [2.24, 2.45) is 5.92 Å². The van der Waals surface area contributed by atoms with Gasteiger partial charge in [0.2, 0.25) is 15.9 Å². The van der Waals surface area contributed by atoms with E-state index in [-0.39, 0.29) is 34.7 Å². The maximum Gasteiger partial charge on any atom is 0.243 e. The van der Waals surface area contributed by atoms with Crippen LogP contribution in [0.25, 0.3) is 0 Å². The third-order valence-corrected chi connectivity index (χ3v) is 8.01. The molecule has 0 bridgehead atoms. The van der Waals surface area contributed by atoms with Crippen molar-refractivity contribution in [3.63, 3.8) is 0 Å². The molecule has 0 atom stereocenters. The second-order valence-corrected chi connectivity index (χ2v) is 11.0. The molecule has 0 aliphatic carbocycles. The number of sulfonamides is 1. The first-order valence-corrected chi connectivity index (χ1v) is 12.6. The first kappa shape index (κ1) is 22.0. The summed E-state index contributed by atoms with van der Waals surface area (Å²) < 4.78 is 50.5. The number of nitrogens with one attached hydrogen (secondary N) is 1. The summed E-state index contributed by atoms with van der Waals surface area (Å²) in [5.74, 6) is -0.639. The lowest BCUT2D eigenvalue weighted by atomic mass is 9.97. The minimum Gasteiger partial charge on any atom is -0.325 e. The van der Waals surface area contributed by atoms with Crippen LogP contribution in [-0.4, -0.2) is 46.4 Å². The third kappa shape index (κ3) is 4.70. The Morgan fingerprint density at radius 2 is 1.67 bits per heavy atom. The SMILES string of the molecule is CS(=O)(=O)c1cccc(S(=O)(=O)N2CCC(C(=O)Nc3ccccc3C#N)CC2)c1. The van der Waals surface area contributed by atoms with Gasteiger partial charge in [-0.05, 0) is 43.2 Å². The minimum absolute atomic E-state index is 0.0611. The highest BCUT2D eigenvalue weighted by atomic mass is 32.2. The van der Waals surface area contributed by atoms with Crippen molar-refractivity contribution in [3.8, 4) is 6.07 Å². The van der Waals surface area contributed by atoms with Gasteiger partial charge < -0.3 is 5.32 Å². The van der Waals surface area contributed by atoms with Gasteiger partial charge in [-0.25, -0.2) is 16.8 Å². The fourth-order valence-electron chi connectivity index (χ4n) is 3.30. The Kier molecular flexibility index (Phi) is 6.26. The number of hydrogen-bond donors (Lipinski definition) is 1. The zero-order valence-electron chi connectivity index (χ0n) is 16.3. The van der Waals surface area contributed by atoms with Gasteiger partial charge in [0.05, 0.1) is 21.0 Å². The number of para-hydroxylation sites is 1.